The maximum atomic E-state index is 11.3. The molecule has 1 aliphatic carbocycles. The molecule has 1 heterocycles. The van der Waals surface area contributed by atoms with Gasteiger partial charge in [0, 0.05) is 36.2 Å². The molecule has 0 bridgehead atoms. The molecular formula is C15H15NO2. The molecule has 1 aromatic carbocycles. The molecule has 1 aliphatic rings. The summed E-state index contributed by atoms with van der Waals surface area (Å²) in [7, 11) is 0. The summed E-state index contributed by atoms with van der Waals surface area (Å²) < 4.78 is 0. The first kappa shape index (κ1) is 11.4. The van der Waals surface area contributed by atoms with Crippen LogP contribution in [0.4, 0.5) is 0 Å². The van der Waals surface area contributed by atoms with Gasteiger partial charge in [-0.2, -0.15) is 0 Å². The smallest absolute Gasteiger partial charge is 0.133 e. The lowest BCUT2D eigenvalue weighted by molar-refractivity contribution is -0.125. The van der Waals surface area contributed by atoms with E-state index in [2.05, 4.69) is 4.98 Å². The lowest BCUT2D eigenvalue weighted by atomic mass is 9.78. The summed E-state index contributed by atoms with van der Waals surface area (Å²) in [4.78, 5) is 15.5. The predicted molar refractivity (Wildman–Crippen MR) is 69.1 cm³/mol. The van der Waals surface area contributed by atoms with E-state index in [4.69, 9.17) is 0 Å². The summed E-state index contributed by atoms with van der Waals surface area (Å²) in [5.74, 6) is 0.243. The van der Waals surface area contributed by atoms with Crippen molar-refractivity contribution in [2.24, 2.45) is 0 Å². The molecule has 1 saturated carbocycles. The van der Waals surface area contributed by atoms with E-state index in [0.717, 1.165) is 16.3 Å². The van der Waals surface area contributed by atoms with Crippen LogP contribution in [0.3, 0.4) is 0 Å². The Morgan fingerprint density at radius 1 is 1.11 bits per heavy atom. The molecule has 3 nitrogen and oxygen atoms in total. The van der Waals surface area contributed by atoms with E-state index < -0.39 is 5.60 Å². The first-order chi connectivity index (χ1) is 8.69. The lowest BCUT2D eigenvalue weighted by Gasteiger charge is -2.32. The van der Waals surface area contributed by atoms with E-state index in [0.29, 0.717) is 25.7 Å². The van der Waals surface area contributed by atoms with Crippen molar-refractivity contribution >= 4 is 16.6 Å². The van der Waals surface area contributed by atoms with Crippen molar-refractivity contribution in [2.75, 3.05) is 0 Å². The second-order valence-corrected chi connectivity index (χ2v) is 4.98. The monoisotopic (exact) mass is 241 g/mol. The van der Waals surface area contributed by atoms with Crippen LogP contribution >= 0.6 is 0 Å². The number of hydrogen-bond donors (Lipinski definition) is 1. The highest BCUT2D eigenvalue weighted by atomic mass is 16.3. The molecule has 0 atom stereocenters. The van der Waals surface area contributed by atoms with Crippen LogP contribution in [0.5, 0.6) is 0 Å². The highest BCUT2D eigenvalue weighted by molar-refractivity contribution is 5.86. The Kier molecular flexibility index (Phi) is 2.63. The van der Waals surface area contributed by atoms with Crippen LogP contribution in [0.15, 0.2) is 36.7 Å². The van der Waals surface area contributed by atoms with E-state index in [1.807, 2.05) is 24.3 Å². The molecule has 3 rings (SSSR count). The van der Waals surface area contributed by atoms with Crippen LogP contribution in [0.1, 0.15) is 31.2 Å². The first-order valence-corrected chi connectivity index (χ1v) is 6.26. The standard InChI is InChI=1S/C15H15NO2/c17-12-5-7-15(18,8-6-12)14-10-16-9-11-3-1-2-4-13(11)14/h1-4,9-10,18H,5-8H2. The highest BCUT2D eigenvalue weighted by Gasteiger charge is 2.35. The van der Waals surface area contributed by atoms with Crippen LogP contribution in [0, 0.1) is 0 Å². The van der Waals surface area contributed by atoms with Gasteiger partial charge in [-0.25, -0.2) is 0 Å². The number of ketones is 1. The van der Waals surface area contributed by atoms with Crippen LogP contribution in [0.2, 0.25) is 0 Å². The number of aromatic nitrogens is 1. The van der Waals surface area contributed by atoms with Crippen LogP contribution < -0.4 is 0 Å². The van der Waals surface area contributed by atoms with Gasteiger partial charge in [-0.05, 0) is 18.2 Å². The van der Waals surface area contributed by atoms with Crippen molar-refractivity contribution in [2.45, 2.75) is 31.3 Å². The summed E-state index contributed by atoms with van der Waals surface area (Å²) in [6.45, 7) is 0. The molecule has 1 N–H and O–H groups in total. The van der Waals surface area contributed by atoms with Crippen molar-refractivity contribution < 1.29 is 9.90 Å². The molecule has 0 amide bonds. The summed E-state index contributed by atoms with van der Waals surface area (Å²) in [5, 5.41) is 12.8. The fourth-order valence-electron chi connectivity index (χ4n) is 2.70. The lowest BCUT2D eigenvalue weighted by Crippen LogP contribution is -2.31. The average Bonchev–Trinajstić information content (AvgIpc) is 2.42. The van der Waals surface area contributed by atoms with Crippen LogP contribution in [-0.4, -0.2) is 15.9 Å². The molecule has 0 aliphatic heterocycles. The number of pyridine rings is 1. The summed E-state index contributed by atoms with van der Waals surface area (Å²) in [6.07, 6.45) is 5.46. The Balaban J connectivity index is 2.11. The topological polar surface area (TPSA) is 50.2 Å². The molecule has 0 radical (unpaired) electrons. The van der Waals surface area contributed by atoms with Gasteiger partial charge in [0.2, 0.25) is 0 Å². The maximum Gasteiger partial charge on any atom is 0.133 e. The predicted octanol–water partition coefficient (Wildman–Crippen LogP) is 2.57. The van der Waals surface area contributed by atoms with Gasteiger partial charge in [-0.15, -0.1) is 0 Å². The third kappa shape index (κ3) is 1.81. The fourth-order valence-corrected chi connectivity index (χ4v) is 2.70. The Hall–Kier alpha value is -1.74. The van der Waals surface area contributed by atoms with Gasteiger partial charge < -0.3 is 5.11 Å². The average molecular weight is 241 g/mol. The zero-order chi connectivity index (χ0) is 12.6. The molecule has 0 unspecified atom stereocenters. The molecule has 1 aromatic heterocycles. The summed E-state index contributed by atoms with van der Waals surface area (Å²) in [6, 6.07) is 7.91. The molecule has 18 heavy (non-hydrogen) atoms. The van der Waals surface area contributed by atoms with E-state index in [9.17, 15) is 9.90 Å². The number of rotatable bonds is 1. The quantitative estimate of drug-likeness (QED) is 0.834. The first-order valence-electron chi connectivity index (χ1n) is 6.26. The molecular weight excluding hydrogens is 226 g/mol. The number of Topliss-reactive ketones (excluding diaryl/α,β-unsaturated/α-hetero) is 1. The van der Waals surface area contributed by atoms with E-state index in [-0.39, 0.29) is 5.78 Å². The third-order valence-electron chi connectivity index (χ3n) is 3.80. The fraction of sp³-hybridized carbons (Fsp3) is 0.333. The summed E-state index contributed by atoms with van der Waals surface area (Å²) >= 11 is 0. The van der Waals surface area contributed by atoms with Crippen LogP contribution in [-0.2, 0) is 10.4 Å². The second-order valence-electron chi connectivity index (χ2n) is 4.98. The van der Waals surface area contributed by atoms with Crippen molar-refractivity contribution in [1.29, 1.82) is 0 Å². The Bertz CT molecular complexity index is 591. The largest absolute Gasteiger partial charge is 0.385 e. The van der Waals surface area contributed by atoms with Crippen molar-refractivity contribution in [3.8, 4) is 0 Å². The molecule has 0 spiro atoms. The van der Waals surface area contributed by atoms with Crippen LogP contribution in [0.25, 0.3) is 10.8 Å². The van der Waals surface area contributed by atoms with Crippen molar-refractivity contribution in [3.05, 3.63) is 42.2 Å². The minimum absolute atomic E-state index is 0.243. The van der Waals surface area contributed by atoms with Gasteiger partial charge in [0.1, 0.15) is 5.78 Å². The van der Waals surface area contributed by atoms with Gasteiger partial charge in [-0.1, -0.05) is 24.3 Å². The minimum atomic E-state index is -0.901. The third-order valence-corrected chi connectivity index (χ3v) is 3.80. The summed E-state index contributed by atoms with van der Waals surface area (Å²) in [5.41, 5.74) is -0.0463. The molecule has 1 fully saturated rings. The number of nitrogens with zero attached hydrogens (tertiary/aromatic N) is 1. The zero-order valence-electron chi connectivity index (χ0n) is 10.1. The Morgan fingerprint density at radius 2 is 1.83 bits per heavy atom. The second kappa shape index (κ2) is 4.18. The SMILES string of the molecule is O=C1CCC(O)(c2cncc3ccccc23)CC1. The van der Waals surface area contributed by atoms with Gasteiger partial charge >= 0.3 is 0 Å². The molecule has 2 aromatic rings. The van der Waals surface area contributed by atoms with Gasteiger partial charge in [0.15, 0.2) is 0 Å². The minimum Gasteiger partial charge on any atom is -0.385 e. The zero-order valence-corrected chi connectivity index (χ0v) is 10.1. The molecule has 3 heteroatoms. The van der Waals surface area contributed by atoms with E-state index >= 15 is 0 Å². The van der Waals surface area contributed by atoms with Gasteiger partial charge in [0.25, 0.3) is 0 Å². The van der Waals surface area contributed by atoms with Gasteiger partial charge in [0.05, 0.1) is 5.60 Å². The number of carbonyl (C=O) groups excluding carboxylic acids is 1. The number of fused-ring (bicyclic) bond motifs is 1. The van der Waals surface area contributed by atoms with Crippen molar-refractivity contribution in [3.63, 3.8) is 0 Å². The molecule has 92 valence electrons. The number of carbonyl (C=O) groups is 1. The number of aliphatic hydroxyl groups is 1. The Morgan fingerprint density at radius 3 is 2.61 bits per heavy atom. The number of benzene rings is 1. The van der Waals surface area contributed by atoms with Crippen molar-refractivity contribution in [1.82, 2.24) is 4.98 Å². The van der Waals surface area contributed by atoms with E-state index in [1.165, 1.54) is 0 Å². The highest BCUT2D eigenvalue weighted by Crippen LogP contribution is 2.38. The normalized spacial score (nSPS) is 19.1. The maximum absolute atomic E-state index is 11.3. The van der Waals surface area contributed by atoms with E-state index in [1.54, 1.807) is 12.4 Å². The number of hydrogen-bond acceptors (Lipinski definition) is 3. The Labute approximate surface area is 105 Å². The van der Waals surface area contributed by atoms with Gasteiger partial charge in [-0.3, -0.25) is 9.78 Å². The molecule has 0 saturated heterocycles.